The van der Waals surface area contributed by atoms with Crippen LogP contribution in [-0.4, -0.2) is 40.6 Å². The van der Waals surface area contributed by atoms with E-state index in [2.05, 4.69) is 0 Å². The van der Waals surface area contributed by atoms with Gasteiger partial charge in [-0.15, -0.1) is 0 Å². The molecule has 1 fully saturated rings. The Morgan fingerprint density at radius 1 is 1.21 bits per heavy atom. The maximum Gasteiger partial charge on any atom is 0.123 e. The van der Waals surface area contributed by atoms with Crippen molar-refractivity contribution < 1.29 is 19.3 Å². The first-order valence-corrected chi connectivity index (χ1v) is 6.22. The number of nitrogens with two attached hydrogens (primary N) is 2. The van der Waals surface area contributed by atoms with Crippen molar-refractivity contribution in [3.05, 3.63) is 35.6 Å². The number of benzene rings is 1. The van der Waals surface area contributed by atoms with Gasteiger partial charge in [-0.3, -0.25) is 0 Å². The number of hydrogen-bond donors (Lipinski definition) is 4. The first-order chi connectivity index (χ1) is 8.99. The van der Waals surface area contributed by atoms with Crippen molar-refractivity contribution in [1.29, 1.82) is 0 Å². The van der Waals surface area contributed by atoms with E-state index < -0.39 is 30.4 Å². The van der Waals surface area contributed by atoms with Crippen LogP contribution in [-0.2, 0) is 11.3 Å². The summed E-state index contributed by atoms with van der Waals surface area (Å²) in [6, 6.07) is 4.97. The van der Waals surface area contributed by atoms with Gasteiger partial charge >= 0.3 is 0 Å². The molecule has 0 aromatic heterocycles. The second kappa shape index (κ2) is 5.94. The standard InChI is InChI=1S/C13H19FN2O3/c14-8-3-1-2-7(4-8)6-19-13-10(16)5-9(15)11(17)12(13)18/h1-4,9-13,17-18H,5-6,15-16H2/t9-,10+,11+,12-,13-/m1/s1. The predicted molar refractivity (Wildman–Crippen MR) is 67.6 cm³/mol. The summed E-state index contributed by atoms with van der Waals surface area (Å²) in [5.41, 5.74) is 12.2. The van der Waals surface area contributed by atoms with Crippen LogP contribution in [0.3, 0.4) is 0 Å². The van der Waals surface area contributed by atoms with Crippen molar-refractivity contribution in [3.8, 4) is 0 Å². The van der Waals surface area contributed by atoms with Crippen LogP contribution in [0.2, 0.25) is 0 Å². The summed E-state index contributed by atoms with van der Waals surface area (Å²) in [6.45, 7) is 0.120. The van der Waals surface area contributed by atoms with Gasteiger partial charge in [0, 0.05) is 12.1 Å². The summed E-state index contributed by atoms with van der Waals surface area (Å²) in [5.74, 6) is -0.350. The van der Waals surface area contributed by atoms with E-state index in [1.54, 1.807) is 12.1 Å². The molecule has 1 aromatic rings. The van der Waals surface area contributed by atoms with Crippen molar-refractivity contribution in [2.24, 2.45) is 11.5 Å². The normalized spacial score (nSPS) is 35.3. The van der Waals surface area contributed by atoms with Gasteiger partial charge in [0.05, 0.1) is 12.7 Å². The summed E-state index contributed by atoms with van der Waals surface area (Å²) in [4.78, 5) is 0. The van der Waals surface area contributed by atoms with Crippen LogP contribution in [0.1, 0.15) is 12.0 Å². The molecule has 0 heterocycles. The predicted octanol–water partition coefficient (Wildman–Crippen LogP) is -0.509. The van der Waals surface area contributed by atoms with Crippen molar-refractivity contribution in [2.45, 2.75) is 43.4 Å². The van der Waals surface area contributed by atoms with Gasteiger partial charge in [-0.05, 0) is 24.1 Å². The topological polar surface area (TPSA) is 102 Å². The summed E-state index contributed by atoms with van der Waals surface area (Å²) in [6.07, 6.45) is -2.53. The van der Waals surface area contributed by atoms with Gasteiger partial charge in [0.15, 0.2) is 0 Å². The lowest BCUT2D eigenvalue weighted by atomic mass is 9.85. The molecule has 5 nitrogen and oxygen atoms in total. The molecular formula is C13H19FN2O3. The number of aliphatic hydroxyl groups excluding tert-OH is 2. The maximum atomic E-state index is 13.0. The molecular weight excluding hydrogens is 251 g/mol. The lowest BCUT2D eigenvalue weighted by Gasteiger charge is -2.39. The average Bonchev–Trinajstić information content (AvgIpc) is 2.36. The number of aliphatic hydroxyl groups is 2. The van der Waals surface area contributed by atoms with Crippen LogP contribution in [0.5, 0.6) is 0 Å². The molecule has 6 heteroatoms. The van der Waals surface area contributed by atoms with Crippen molar-refractivity contribution in [1.82, 2.24) is 0 Å². The highest BCUT2D eigenvalue weighted by molar-refractivity contribution is 5.15. The highest BCUT2D eigenvalue weighted by Gasteiger charge is 2.41. The van der Waals surface area contributed by atoms with E-state index in [1.807, 2.05) is 0 Å². The Kier molecular flexibility index (Phi) is 4.49. The lowest BCUT2D eigenvalue weighted by molar-refractivity contribution is -0.131. The van der Waals surface area contributed by atoms with E-state index in [0.29, 0.717) is 12.0 Å². The quantitative estimate of drug-likeness (QED) is 0.592. The Balaban J connectivity index is 1.98. The molecule has 1 aromatic carbocycles. The highest BCUT2D eigenvalue weighted by Crippen LogP contribution is 2.22. The summed E-state index contributed by atoms with van der Waals surface area (Å²) < 4.78 is 18.5. The number of rotatable bonds is 3. The summed E-state index contributed by atoms with van der Waals surface area (Å²) >= 11 is 0. The molecule has 1 aliphatic carbocycles. The van der Waals surface area contributed by atoms with Crippen LogP contribution >= 0.6 is 0 Å². The lowest BCUT2D eigenvalue weighted by Crippen LogP contribution is -2.61. The number of ether oxygens (including phenoxy) is 1. The number of halogens is 1. The van der Waals surface area contributed by atoms with Gasteiger partial charge < -0.3 is 26.4 Å². The third kappa shape index (κ3) is 3.29. The van der Waals surface area contributed by atoms with E-state index in [-0.39, 0.29) is 12.4 Å². The van der Waals surface area contributed by atoms with Crippen LogP contribution in [0, 0.1) is 5.82 Å². The minimum atomic E-state index is -1.13. The molecule has 19 heavy (non-hydrogen) atoms. The van der Waals surface area contributed by atoms with Gasteiger partial charge in [-0.25, -0.2) is 4.39 Å². The molecule has 6 N–H and O–H groups in total. The second-order valence-corrected chi connectivity index (χ2v) is 4.95. The third-order valence-corrected chi connectivity index (χ3v) is 3.42. The van der Waals surface area contributed by atoms with Gasteiger partial charge in [0.2, 0.25) is 0 Å². The zero-order chi connectivity index (χ0) is 14.0. The fourth-order valence-electron chi connectivity index (χ4n) is 2.33. The van der Waals surface area contributed by atoms with Crippen LogP contribution in [0.25, 0.3) is 0 Å². The molecule has 1 aliphatic rings. The molecule has 106 valence electrons. The fourth-order valence-corrected chi connectivity index (χ4v) is 2.33. The number of hydrogen-bond acceptors (Lipinski definition) is 5. The monoisotopic (exact) mass is 270 g/mol. The Labute approximate surface area is 111 Å². The zero-order valence-corrected chi connectivity index (χ0v) is 10.4. The molecule has 1 saturated carbocycles. The molecule has 0 unspecified atom stereocenters. The van der Waals surface area contributed by atoms with E-state index in [1.165, 1.54) is 12.1 Å². The average molecular weight is 270 g/mol. The molecule has 2 rings (SSSR count). The van der Waals surface area contributed by atoms with E-state index in [9.17, 15) is 14.6 Å². The smallest absolute Gasteiger partial charge is 0.123 e. The Bertz CT molecular complexity index is 432. The molecule has 5 atom stereocenters. The summed E-state index contributed by atoms with van der Waals surface area (Å²) in [7, 11) is 0. The SMILES string of the molecule is N[C@@H]1C[C@H](N)[C@@H](OCc2cccc(F)c2)[C@H](O)[C@H]1O. The van der Waals surface area contributed by atoms with E-state index in [0.717, 1.165) is 0 Å². The van der Waals surface area contributed by atoms with Crippen molar-refractivity contribution >= 4 is 0 Å². The van der Waals surface area contributed by atoms with Crippen LogP contribution in [0.4, 0.5) is 4.39 Å². The first-order valence-electron chi connectivity index (χ1n) is 6.22. The third-order valence-electron chi connectivity index (χ3n) is 3.42. The molecule has 0 aliphatic heterocycles. The van der Waals surface area contributed by atoms with Crippen molar-refractivity contribution in [2.75, 3.05) is 0 Å². The zero-order valence-electron chi connectivity index (χ0n) is 10.4. The molecule has 0 saturated heterocycles. The van der Waals surface area contributed by atoms with Gasteiger partial charge in [-0.2, -0.15) is 0 Å². The first kappa shape index (κ1) is 14.4. The minimum Gasteiger partial charge on any atom is -0.389 e. The van der Waals surface area contributed by atoms with E-state index >= 15 is 0 Å². The van der Waals surface area contributed by atoms with Crippen molar-refractivity contribution in [3.63, 3.8) is 0 Å². The van der Waals surface area contributed by atoms with Crippen LogP contribution in [0.15, 0.2) is 24.3 Å². The Morgan fingerprint density at radius 3 is 2.63 bits per heavy atom. The van der Waals surface area contributed by atoms with E-state index in [4.69, 9.17) is 16.2 Å². The molecule has 0 spiro atoms. The second-order valence-electron chi connectivity index (χ2n) is 4.95. The largest absolute Gasteiger partial charge is 0.389 e. The molecule has 0 radical (unpaired) electrons. The Hall–Kier alpha value is -1.05. The summed E-state index contributed by atoms with van der Waals surface area (Å²) in [5, 5.41) is 19.6. The molecule has 0 amide bonds. The maximum absolute atomic E-state index is 13.0. The van der Waals surface area contributed by atoms with Gasteiger partial charge in [0.25, 0.3) is 0 Å². The highest BCUT2D eigenvalue weighted by atomic mass is 19.1. The molecule has 0 bridgehead atoms. The van der Waals surface area contributed by atoms with Gasteiger partial charge in [-0.1, -0.05) is 12.1 Å². The minimum absolute atomic E-state index is 0.120. The van der Waals surface area contributed by atoms with Crippen LogP contribution < -0.4 is 11.5 Å². The fraction of sp³-hybridized carbons (Fsp3) is 0.538. The Morgan fingerprint density at radius 2 is 1.95 bits per heavy atom. The van der Waals surface area contributed by atoms with Gasteiger partial charge in [0.1, 0.15) is 18.0 Å².